The van der Waals surface area contributed by atoms with Crippen LogP contribution in [-0.2, 0) is 0 Å². The van der Waals surface area contributed by atoms with E-state index in [0.29, 0.717) is 16.1 Å². The number of hydrogen-bond donors (Lipinski definition) is 0. The highest BCUT2D eigenvalue weighted by atomic mass is 35.5. The van der Waals surface area contributed by atoms with Crippen molar-refractivity contribution in [1.82, 2.24) is 4.98 Å². The van der Waals surface area contributed by atoms with E-state index in [1.165, 1.54) is 30.4 Å². The summed E-state index contributed by atoms with van der Waals surface area (Å²) in [5.41, 5.74) is 1.23. The number of ketones is 1. The Morgan fingerprint density at radius 1 is 1.47 bits per heavy atom. The van der Waals surface area contributed by atoms with Crippen molar-refractivity contribution in [2.45, 2.75) is 13.8 Å². The molecule has 0 aliphatic heterocycles. The number of carbonyl (C=O) groups excluding carboxylic acids is 1. The van der Waals surface area contributed by atoms with Crippen molar-refractivity contribution >= 4 is 28.7 Å². The van der Waals surface area contributed by atoms with Crippen LogP contribution in [0.5, 0.6) is 0 Å². The van der Waals surface area contributed by atoms with Gasteiger partial charge < -0.3 is 0 Å². The van der Waals surface area contributed by atoms with Crippen LogP contribution in [0.15, 0.2) is 18.2 Å². The number of aryl methyl sites for hydroxylation is 1. The number of halogens is 2. The highest BCUT2D eigenvalue weighted by molar-refractivity contribution is 7.14. The first-order valence-corrected chi connectivity index (χ1v) is 6.12. The summed E-state index contributed by atoms with van der Waals surface area (Å²) in [7, 11) is 0. The van der Waals surface area contributed by atoms with Gasteiger partial charge in [-0.3, -0.25) is 4.79 Å². The molecule has 0 bridgehead atoms. The molecule has 2 rings (SSSR count). The van der Waals surface area contributed by atoms with Crippen LogP contribution in [0.4, 0.5) is 4.39 Å². The number of carbonyl (C=O) groups is 1. The molecular formula is C12H9ClFNOS. The normalized spacial score (nSPS) is 10.6. The van der Waals surface area contributed by atoms with E-state index in [-0.39, 0.29) is 10.8 Å². The third kappa shape index (κ3) is 2.37. The van der Waals surface area contributed by atoms with Gasteiger partial charge in [0.15, 0.2) is 5.78 Å². The summed E-state index contributed by atoms with van der Waals surface area (Å²) in [6.45, 7) is 3.31. The first-order valence-electron chi connectivity index (χ1n) is 4.93. The van der Waals surface area contributed by atoms with Crippen LogP contribution in [0.1, 0.15) is 21.6 Å². The second-order valence-electron chi connectivity index (χ2n) is 3.60. The van der Waals surface area contributed by atoms with Crippen molar-refractivity contribution < 1.29 is 9.18 Å². The summed E-state index contributed by atoms with van der Waals surface area (Å²) in [5.74, 6) is -0.530. The van der Waals surface area contributed by atoms with Crippen LogP contribution in [-0.4, -0.2) is 10.8 Å². The fourth-order valence-corrected chi connectivity index (χ4v) is 2.52. The summed E-state index contributed by atoms with van der Waals surface area (Å²) < 4.78 is 13.1. The number of benzene rings is 1. The summed E-state index contributed by atoms with van der Waals surface area (Å²) >= 11 is 7.05. The lowest BCUT2D eigenvalue weighted by Crippen LogP contribution is -1.92. The van der Waals surface area contributed by atoms with Crippen LogP contribution >= 0.6 is 22.9 Å². The van der Waals surface area contributed by atoms with Gasteiger partial charge in [0, 0.05) is 12.5 Å². The highest BCUT2D eigenvalue weighted by Gasteiger charge is 2.15. The minimum Gasteiger partial charge on any atom is -0.294 e. The molecule has 1 aromatic carbocycles. The molecular weight excluding hydrogens is 261 g/mol. The summed E-state index contributed by atoms with van der Waals surface area (Å²) in [4.78, 5) is 16.3. The molecule has 0 spiro atoms. The Labute approximate surface area is 107 Å². The molecule has 0 atom stereocenters. The zero-order chi connectivity index (χ0) is 12.6. The maximum absolute atomic E-state index is 13.1. The van der Waals surface area contributed by atoms with Crippen LogP contribution in [0.25, 0.3) is 11.3 Å². The van der Waals surface area contributed by atoms with Crippen molar-refractivity contribution in [3.63, 3.8) is 0 Å². The summed E-state index contributed by atoms with van der Waals surface area (Å²) in [5, 5.41) is 0.827. The zero-order valence-corrected chi connectivity index (χ0v) is 10.8. The van der Waals surface area contributed by atoms with Gasteiger partial charge in [0.05, 0.1) is 20.6 Å². The second-order valence-corrected chi connectivity index (χ2v) is 5.21. The Hall–Kier alpha value is -1.26. The molecule has 0 saturated carbocycles. The van der Waals surface area contributed by atoms with Crippen LogP contribution in [0.2, 0.25) is 5.02 Å². The van der Waals surface area contributed by atoms with E-state index >= 15 is 0 Å². The number of Topliss-reactive ketones (excluding diaryl/α,β-unsaturated/α-hetero) is 1. The molecule has 1 aromatic heterocycles. The van der Waals surface area contributed by atoms with Crippen LogP contribution in [0.3, 0.4) is 0 Å². The number of aromatic nitrogens is 1. The molecule has 88 valence electrons. The van der Waals surface area contributed by atoms with Gasteiger partial charge in [-0.05, 0) is 25.1 Å². The van der Waals surface area contributed by atoms with Gasteiger partial charge in [-0.1, -0.05) is 11.6 Å². The standard InChI is InChI=1S/C12H9ClFNOS/c1-6(16)12-11(15-7(2)17-12)8-3-4-10(14)9(13)5-8/h3-5H,1-2H3. The van der Waals surface area contributed by atoms with E-state index in [0.717, 1.165) is 5.01 Å². The average Bonchev–Trinajstić information content (AvgIpc) is 2.64. The summed E-state index contributed by atoms with van der Waals surface area (Å²) in [6, 6.07) is 4.33. The number of rotatable bonds is 2. The van der Waals surface area contributed by atoms with E-state index in [9.17, 15) is 9.18 Å². The van der Waals surface area contributed by atoms with Crippen molar-refractivity contribution in [3.05, 3.63) is 38.9 Å². The molecule has 1 heterocycles. The summed E-state index contributed by atoms with van der Waals surface area (Å²) in [6.07, 6.45) is 0. The van der Waals surface area contributed by atoms with E-state index < -0.39 is 5.82 Å². The molecule has 0 unspecified atom stereocenters. The number of hydrogen-bond acceptors (Lipinski definition) is 3. The van der Waals surface area contributed by atoms with E-state index in [1.807, 2.05) is 6.92 Å². The molecule has 0 aliphatic carbocycles. The minimum absolute atomic E-state index is 0.0302. The zero-order valence-electron chi connectivity index (χ0n) is 9.25. The molecule has 0 aliphatic rings. The van der Waals surface area contributed by atoms with Gasteiger partial charge in [0.1, 0.15) is 5.82 Å². The lowest BCUT2D eigenvalue weighted by Gasteiger charge is -2.01. The van der Waals surface area contributed by atoms with E-state index in [4.69, 9.17) is 11.6 Å². The molecule has 2 nitrogen and oxygen atoms in total. The highest BCUT2D eigenvalue weighted by Crippen LogP contribution is 2.30. The Bertz CT molecular complexity index is 594. The lowest BCUT2D eigenvalue weighted by molar-refractivity contribution is 0.102. The van der Waals surface area contributed by atoms with Gasteiger partial charge in [-0.2, -0.15) is 0 Å². The fraction of sp³-hybridized carbons (Fsp3) is 0.167. The molecule has 0 radical (unpaired) electrons. The minimum atomic E-state index is -0.480. The molecule has 2 aromatic rings. The molecule has 0 amide bonds. The number of nitrogens with zero attached hydrogens (tertiary/aromatic N) is 1. The van der Waals surface area contributed by atoms with Crippen molar-refractivity contribution in [3.8, 4) is 11.3 Å². The largest absolute Gasteiger partial charge is 0.294 e. The Morgan fingerprint density at radius 2 is 2.18 bits per heavy atom. The maximum atomic E-state index is 13.1. The van der Waals surface area contributed by atoms with E-state index in [1.54, 1.807) is 6.07 Å². The molecule has 0 N–H and O–H groups in total. The monoisotopic (exact) mass is 269 g/mol. The van der Waals surface area contributed by atoms with E-state index in [2.05, 4.69) is 4.98 Å². The third-order valence-electron chi connectivity index (χ3n) is 2.25. The Balaban J connectivity index is 2.59. The first-order chi connectivity index (χ1) is 7.99. The molecule has 0 fully saturated rings. The quantitative estimate of drug-likeness (QED) is 0.768. The van der Waals surface area contributed by atoms with Crippen molar-refractivity contribution in [1.29, 1.82) is 0 Å². The topological polar surface area (TPSA) is 30.0 Å². The maximum Gasteiger partial charge on any atom is 0.172 e. The molecule has 5 heteroatoms. The Morgan fingerprint density at radius 3 is 2.76 bits per heavy atom. The number of thiazole rings is 1. The fourth-order valence-electron chi connectivity index (χ4n) is 1.50. The average molecular weight is 270 g/mol. The SMILES string of the molecule is CC(=O)c1sc(C)nc1-c1ccc(F)c(Cl)c1. The van der Waals surface area contributed by atoms with Gasteiger partial charge in [-0.25, -0.2) is 9.37 Å². The smallest absolute Gasteiger partial charge is 0.172 e. The molecule has 17 heavy (non-hydrogen) atoms. The van der Waals surface area contributed by atoms with Crippen molar-refractivity contribution in [2.75, 3.05) is 0 Å². The van der Waals surface area contributed by atoms with Gasteiger partial charge in [0.2, 0.25) is 0 Å². The lowest BCUT2D eigenvalue weighted by atomic mass is 10.1. The van der Waals surface area contributed by atoms with Crippen LogP contribution < -0.4 is 0 Å². The second kappa shape index (κ2) is 4.55. The first kappa shape index (κ1) is 12.2. The third-order valence-corrected chi connectivity index (χ3v) is 3.61. The van der Waals surface area contributed by atoms with Crippen LogP contribution in [0, 0.1) is 12.7 Å². The molecule has 0 saturated heterocycles. The van der Waals surface area contributed by atoms with Gasteiger partial charge in [0.25, 0.3) is 0 Å². The van der Waals surface area contributed by atoms with Crippen molar-refractivity contribution in [2.24, 2.45) is 0 Å². The predicted octanol–water partition coefficient (Wildman–Crippen LogP) is 4.11. The van der Waals surface area contributed by atoms with Gasteiger partial charge >= 0.3 is 0 Å². The predicted molar refractivity (Wildman–Crippen MR) is 67.3 cm³/mol. The van der Waals surface area contributed by atoms with Gasteiger partial charge in [-0.15, -0.1) is 11.3 Å². The Kier molecular flexibility index (Phi) is 3.26.